The van der Waals surface area contributed by atoms with E-state index in [0.717, 1.165) is 49.0 Å². The number of unbranched alkanes of at least 4 members (excludes halogenated alkanes) is 1. The van der Waals surface area contributed by atoms with E-state index in [0.29, 0.717) is 25.5 Å². The molecule has 0 radical (unpaired) electrons. The van der Waals surface area contributed by atoms with E-state index in [1.54, 1.807) is 0 Å². The van der Waals surface area contributed by atoms with Gasteiger partial charge in [0.25, 0.3) is 0 Å². The zero-order valence-electron chi connectivity index (χ0n) is 23.0. The van der Waals surface area contributed by atoms with Gasteiger partial charge in [0.1, 0.15) is 5.75 Å². The smallest absolute Gasteiger partial charge is 0.303 e. The third kappa shape index (κ3) is 9.44. The number of hydrogen-bond donors (Lipinski definition) is 3. The number of fused-ring (bicyclic) bond motifs is 1. The summed E-state index contributed by atoms with van der Waals surface area (Å²) in [5.74, 6) is 0.655. The molecular formula is C31H45NO5. The van der Waals surface area contributed by atoms with Crippen LogP contribution in [0.25, 0.3) is 0 Å². The molecule has 0 saturated carbocycles. The van der Waals surface area contributed by atoms with E-state index in [4.69, 9.17) is 14.6 Å². The molecule has 1 aliphatic rings. The fourth-order valence-electron chi connectivity index (χ4n) is 5.41. The van der Waals surface area contributed by atoms with Gasteiger partial charge in [0, 0.05) is 18.5 Å². The second-order valence-electron chi connectivity index (χ2n) is 11.0. The second-order valence-corrected chi connectivity index (χ2v) is 11.0. The normalized spacial score (nSPS) is 15.4. The van der Waals surface area contributed by atoms with Crippen LogP contribution in [-0.2, 0) is 28.8 Å². The summed E-state index contributed by atoms with van der Waals surface area (Å²) in [7, 11) is 0. The maximum atomic E-state index is 10.8. The Labute approximate surface area is 222 Å². The SMILES string of the molecule is CCOc1ccc(CCCCC(=O)O)c([C@@H](C)OC[C@H](O)CNC(C)(C)CC2Cc3ccccc3C2)c1. The monoisotopic (exact) mass is 511 g/mol. The fourth-order valence-corrected chi connectivity index (χ4v) is 5.41. The summed E-state index contributed by atoms with van der Waals surface area (Å²) in [6, 6.07) is 14.7. The van der Waals surface area contributed by atoms with Gasteiger partial charge in [-0.1, -0.05) is 30.3 Å². The van der Waals surface area contributed by atoms with Gasteiger partial charge in [-0.05, 0) is 107 Å². The number of hydrogen-bond acceptors (Lipinski definition) is 5. The Hall–Kier alpha value is -2.41. The quantitative estimate of drug-likeness (QED) is 0.258. The van der Waals surface area contributed by atoms with E-state index < -0.39 is 12.1 Å². The van der Waals surface area contributed by atoms with Crippen LogP contribution in [-0.4, -0.2) is 47.6 Å². The number of benzene rings is 2. The zero-order chi connectivity index (χ0) is 26.8. The second kappa shape index (κ2) is 13.9. The zero-order valence-corrected chi connectivity index (χ0v) is 23.0. The third-order valence-electron chi connectivity index (χ3n) is 7.24. The molecule has 37 heavy (non-hydrogen) atoms. The Balaban J connectivity index is 1.48. The van der Waals surface area contributed by atoms with Gasteiger partial charge in [0.15, 0.2) is 0 Å². The van der Waals surface area contributed by atoms with Gasteiger partial charge in [0.05, 0.1) is 25.4 Å². The number of aliphatic hydroxyl groups is 1. The highest BCUT2D eigenvalue weighted by atomic mass is 16.5. The van der Waals surface area contributed by atoms with Crippen molar-refractivity contribution < 1.29 is 24.5 Å². The number of nitrogens with one attached hydrogen (secondary N) is 1. The highest BCUT2D eigenvalue weighted by Gasteiger charge is 2.28. The minimum atomic E-state index is -0.761. The number of aryl methyl sites for hydroxylation is 1. The summed E-state index contributed by atoms with van der Waals surface area (Å²) in [6.45, 7) is 9.66. The third-order valence-corrected chi connectivity index (χ3v) is 7.24. The van der Waals surface area contributed by atoms with Gasteiger partial charge >= 0.3 is 5.97 Å². The molecule has 2 aromatic carbocycles. The summed E-state index contributed by atoms with van der Waals surface area (Å²) in [5.41, 5.74) is 5.03. The molecule has 0 heterocycles. The molecule has 2 atom stereocenters. The lowest BCUT2D eigenvalue weighted by Crippen LogP contribution is -2.45. The standard InChI is InChI=1S/C31H45NO5/c1-5-36-28-15-14-24(10-8-9-13-30(34)35)29(18-28)22(2)37-21-27(33)20-32-31(3,4)19-23-16-25-11-6-7-12-26(25)17-23/h6-7,11-12,14-15,18,22-23,27,32-33H,5,8-10,13,16-17,19-21H2,1-4H3,(H,34,35)/t22-,27-/m1/s1. The summed E-state index contributed by atoms with van der Waals surface area (Å²) >= 11 is 0. The number of carbonyl (C=O) groups is 1. The highest BCUT2D eigenvalue weighted by molar-refractivity contribution is 5.66. The number of carboxylic acids is 1. The number of aliphatic carboxylic acids is 1. The van der Waals surface area contributed by atoms with Crippen molar-refractivity contribution >= 4 is 5.97 Å². The molecule has 3 N–H and O–H groups in total. The maximum absolute atomic E-state index is 10.8. The molecule has 0 saturated heterocycles. The molecule has 0 unspecified atom stereocenters. The first kappa shape index (κ1) is 29.2. The van der Waals surface area contributed by atoms with Gasteiger partial charge in [-0.2, -0.15) is 0 Å². The lowest BCUT2D eigenvalue weighted by atomic mass is 9.88. The van der Waals surface area contributed by atoms with Crippen molar-refractivity contribution in [3.8, 4) is 5.75 Å². The first-order valence-electron chi connectivity index (χ1n) is 13.8. The Morgan fingerprint density at radius 1 is 1.14 bits per heavy atom. The Morgan fingerprint density at radius 3 is 2.49 bits per heavy atom. The summed E-state index contributed by atoms with van der Waals surface area (Å²) in [6.07, 6.45) is 4.90. The Morgan fingerprint density at radius 2 is 1.84 bits per heavy atom. The van der Waals surface area contributed by atoms with Gasteiger partial charge < -0.3 is 25.0 Å². The molecule has 0 aromatic heterocycles. The van der Waals surface area contributed by atoms with Crippen molar-refractivity contribution in [3.05, 3.63) is 64.7 Å². The molecule has 0 spiro atoms. The average molecular weight is 512 g/mol. The fraction of sp³-hybridized carbons (Fsp3) is 0.581. The molecule has 0 aliphatic heterocycles. The number of β-amino-alcohol motifs (C(OH)–C–C–N with tert-alkyl or cyclic N) is 1. The summed E-state index contributed by atoms with van der Waals surface area (Å²) in [5, 5.41) is 23.1. The van der Waals surface area contributed by atoms with E-state index in [2.05, 4.69) is 43.4 Å². The van der Waals surface area contributed by atoms with Gasteiger partial charge in [-0.25, -0.2) is 0 Å². The number of rotatable bonds is 16. The van der Waals surface area contributed by atoms with Crippen LogP contribution in [0.1, 0.15) is 81.7 Å². The van der Waals surface area contributed by atoms with E-state index in [1.165, 1.54) is 11.1 Å². The van der Waals surface area contributed by atoms with Crippen LogP contribution in [0.5, 0.6) is 5.75 Å². The van der Waals surface area contributed by atoms with Crippen molar-refractivity contribution in [1.82, 2.24) is 5.32 Å². The minimum Gasteiger partial charge on any atom is -0.494 e. The van der Waals surface area contributed by atoms with Crippen LogP contribution in [0.2, 0.25) is 0 Å². The van der Waals surface area contributed by atoms with E-state index in [9.17, 15) is 9.90 Å². The Kier molecular flexibility index (Phi) is 11.0. The van der Waals surface area contributed by atoms with Crippen LogP contribution in [0.4, 0.5) is 0 Å². The first-order valence-corrected chi connectivity index (χ1v) is 13.8. The maximum Gasteiger partial charge on any atom is 0.303 e. The summed E-state index contributed by atoms with van der Waals surface area (Å²) < 4.78 is 11.8. The van der Waals surface area contributed by atoms with E-state index in [1.807, 2.05) is 32.0 Å². The molecule has 3 rings (SSSR count). The van der Waals surface area contributed by atoms with Crippen LogP contribution in [0.15, 0.2) is 42.5 Å². The van der Waals surface area contributed by atoms with Gasteiger partial charge in [-0.3, -0.25) is 4.79 Å². The molecular weight excluding hydrogens is 466 g/mol. The highest BCUT2D eigenvalue weighted by Crippen LogP contribution is 2.32. The van der Waals surface area contributed by atoms with Crippen molar-refractivity contribution in [3.63, 3.8) is 0 Å². The van der Waals surface area contributed by atoms with Crippen LogP contribution >= 0.6 is 0 Å². The predicted molar refractivity (Wildman–Crippen MR) is 147 cm³/mol. The molecule has 6 nitrogen and oxygen atoms in total. The Bertz CT molecular complexity index is 980. The van der Waals surface area contributed by atoms with Crippen LogP contribution < -0.4 is 10.1 Å². The average Bonchev–Trinajstić information content (AvgIpc) is 3.26. The predicted octanol–water partition coefficient (Wildman–Crippen LogP) is 5.49. The van der Waals surface area contributed by atoms with Crippen molar-refractivity contribution in [2.45, 2.75) is 90.4 Å². The van der Waals surface area contributed by atoms with Crippen molar-refractivity contribution in [1.29, 1.82) is 0 Å². The van der Waals surface area contributed by atoms with Crippen LogP contribution in [0.3, 0.4) is 0 Å². The van der Waals surface area contributed by atoms with Gasteiger partial charge in [0.2, 0.25) is 0 Å². The topological polar surface area (TPSA) is 88.0 Å². The molecule has 1 aliphatic carbocycles. The number of carboxylic acid groups (broad SMARTS) is 1. The van der Waals surface area contributed by atoms with Crippen molar-refractivity contribution in [2.24, 2.45) is 5.92 Å². The lowest BCUT2D eigenvalue weighted by Gasteiger charge is -2.31. The molecule has 2 aromatic rings. The van der Waals surface area contributed by atoms with Crippen molar-refractivity contribution in [2.75, 3.05) is 19.8 Å². The molecule has 0 amide bonds. The number of ether oxygens (including phenoxy) is 2. The lowest BCUT2D eigenvalue weighted by molar-refractivity contribution is -0.137. The molecule has 0 bridgehead atoms. The van der Waals surface area contributed by atoms with Crippen LogP contribution in [0, 0.1) is 5.92 Å². The summed E-state index contributed by atoms with van der Waals surface area (Å²) in [4.78, 5) is 10.8. The number of aliphatic hydroxyl groups excluding tert-OH is 1. The molecule has 6 heteroatoms. The largest absolute Gasteiger partial charge is 0.494 e. The van der Waals surface area contributed by atoms with E-state index >= 15 is 0 Å². The van der Waals surface area contributed by atoms with Gasteiger partial charge in [-0.15, -0.1) is 0 Å². The molecule has 204 valence electrons. The minimum absolute atomic E-state index is 0.0751. The van der Waals surface area contributed by atoms with E-state index in [-0.39, 0.29) is 24.7 Å². The first-order chi connectivity index (χ1) is 17.7. The molecule has 0 fully saturated rings.